The van der Waals surface area contributed by atoms with Gasteiger partial charge in [0.2, 0.25) is 0 Å². The Hall–Kier alpha value is -1.46. The molecule has 1 aliphatic rings. The lowest BCUT2D eigenvalue weighted by atomic mass is 10.1. The van der Waals surface area contributed by atoms with Crippen LogP contribution in [-0.4, -0.2) is 42.3 Å². The molecule has 0 aromatic heterocycles. The van der Waals surface area contributed by atoms with E-state index in [0.717, 1.165) is 25.5 Å². The molecule has 0 unspecified atom stereocenters. The van der Waals surface area contributed by atoms with Gasteiger partial charge in [-0.3, -0.25) is 4.90 Å². The fourth-order valence-corrected chi connectivity index (χ4v) is 2.07. The van der Waals surface area contributed by atoms with Crippen molar-refractivity contribution < 1.29 is 19.0 Å². The lowest BCUT2D eigenvalue weighted by molar-refractivity contribution is 0.0696. The second kappa shape index (κ2) is 6.12. The summed E-state index contributed by atoms with van der Waals surface area (Å²) >= 11 is 0. The minimum atomic E-state index is -1.11. The number of carboxylic acids is 1. The summed E-state index contributed by atoms with van der Waals surface area (Å²) in [5, 5.41) is 8.80. The Bertz CT molecular complexity index is 460. The summed E-state index contributed by atoms with van der Waals surface area (Å²) in [6.45, 7) is 1.88. The fourth-order valence-electron chi connectivity index (χ4n) is 2.07. The zero-order chi connectivity index (χ0) is 13.8. The molecule has 0 atom stereocenters. The van der Waals surface area contributed by atoms with Gasteiger partial charge in [0.05, 0.1) is 12.2 Å². The van der Waals surface area contributed by atoms with E-state index in [1.165, 1.54) is 6.07 Å². The third-order valence-electron chi connectivity index (χ3n) is 3.32. The van der Waals surface area contributed by atoms with Crippen molar-refractivity contribution in [1.82, 2.24) is 4.90 Å². The first-order valence-electron chi connectivity index (χ1n) is 6.36. The van der Waals surface area contributed by atoms with E-state index in [-0.39, 0.29) is 5.56 Å². The number of halogens is 1. The highest BCUT2D eigenvalue weighted by molar-refractivity contribution is 5.87. The Labute approximate surface area is 111 Å². The van der Waals surface area contributed by atoms with Gasteiger partial charge < -0.3 is 9.84 Å². The van der Waals surface area contributed by atoms with Crippen molar-refractivity contribution in [2.45, 2.75) is 25.4 Å². The van der Waals surface area contributed by atoms with Gasteiger partial charge in [-0.2, -0.15) is 0 Å². The molecule has 0 radical (unpaired) electrons. The predicted octanol–water partition coefficient (Wildman–Crippen LogP) is 2.13. The Kier molecular flexibility index (Phi) is 4.50. The highest BCUT2D eigenvalue weighted by Crippen LogP contribution is 2.28. The number of nitrogens with zero attached hydrogens (tertiary/aromatic N) is 1. The van der Waals surface area contributed by atoms with Crippen LogP contribution in [0.3, 0.4) is 0 Å². The summed E-state index contributed by atoms with van der Waals surface area (Å²) in [5.74, 6) is -1.56. The SMILES string of the molecule is COCCN(Cc1ccc(C(=O)O)cc1F)C1CC1. The Morgan fingerprint density at radius 3 is 2.79 bits per heavy atom. The monoisotopic (exact) mass is 267 g/mol. The van der Waals surface area contributed by atoms with E-state index in [2.05, 4.69) is 4.90 Å². The van der Waals surface area contributed by atoms with Gasteiger partial charge in [0, 0.05) is 31.8 Å². The highest BCUT2D eigenvalue weighted by atomic mass is 19.1. The number of ether oxygens (including phenoxy) is 1. The summed E-state index contributed by atoms with van der Waals surface area (Å²) < 4.78 is 18.9. The van der Waals surface area contributed by atoms with E-state index in [9.17, 15) is 9.18 Å². The zero-order valence-electron chi connectivity index (χ0n) is 10.9. The molecule has 1 N–H and O–H groups in total. The molecule has 0 spiro atoms. The molecule has 1 fully saturated rings. The molecule has 104 valence electrons. The molecular formula is C14H18FNO3. The zero-order valence-corrected chi connectivity index (χ0v) is 10.9. The smallest absolute Gasteiger partial charge is 0.335 e. The number of benzene rings is 1. The van der Waals surface area contributed by atoms with Crippen LogP contribution < -0.4 is 0 Å². The molecular weight excluding hydrogens is 249 g/mol. The van der Waals surface area contributed by atoms with Crippen molar-refractivity contribution in [3.05, 3.63) is 35.1 Å². The quantitative estimate of drug-likeness (QED) is 0.822. The van der Waals surface area contributed by atoms with Crippen molar-refractivity contribution >= 4 is 5.97 Å². The normalized spacial score (nSPS) is 14.9. The first-order valence-corrected chi connectivity index (χ1v) is 6.36. The Morgan fingerprint density at radius 1 is 1.53 bits per heavy atom. The van der Waals surface area contributed by atoms with Crippen molar-refractivity contribution in [3.63, 3.8) is 0 Å². The molecule has 0 amide bonds. The van der Waals surface area contributed by atoms with Crippen LogP contribution in [-0.2, 0) is 11.3 Å². The predicted molar refractivity (Wildman–Crippen MR) is 68.7 cm³/mol. The largest absolute Gasteiger partial charge is 0.478 e. The molecule has 4 nitrogen and oxygen atoms in total. The van der Waals surface area contributed by atoms with Gasteiger partial charge in [-0.1, -0.05) is 6.07 Å². The second-order valence-corrected chi connectivity index (χ2v) is 4.81. The average molecular weight is 267 g/mol. The summed E-state index contributed by atoms with van der Waals surface area (Å²) in [6, 6.07) is 4.59. The number of carbonyl (C=O) groups is 1. The van der Waals surface area contributed by atoms with Crippen LogP contribution in [0.2, 0.25) is 0 Å². The lowest BCUT2D eigenvalue weighted by Crippen LogP contribution is -2.29. The molecule has 0 aliphatic heterocycles. The van der Waals surface area contributed by atoms with Gasteiger partial charge in [-0.25, -0.2) is 9.18 Å². The van der Waals surface area contributed by atoms with Crippen molar-refractivity contribution in [3.8, 4) is 0 Å². The van der Waals surface area contributed by atoms with Gasteiger partial charge >= 0.3 is 5.97 Å². The van der Waals surface area contributed by atoms with Crippen LogP contribution in [0.25, 0.3) is 0 Å². The van der Waals surface area contributed by atoms with Crippen LogP contribution in [0.5, 0.6) is 0 Å². The van der Waals surface area contributed by atoms with Crippen LogP contribution in [0.4, 0.5) is 4.39 Å². The molecule has 0 saturated heterocycles. The summed E-state index contributed by atoms with van der Waals surface area (Å²) in [4.78, 5) is 12.9. The maximum absolute atomic E-state index is 13.9. The summed E-state index contributed by atoms with van der Waals surface area (Å²) in [7, 11) is 1.65. The first kappa shape index (κ1) is 14.0. The van der Waals surface area contributed by atoms with Crippen LogP contribution in [0.15, 0.2) is 18.2 Å². The van der Waals surface area contributed by atoms with Gasteiger partial charge in [0.15, 0.2) is 0 Å². The molecule has 19 heavy (non-hydrogen) atoms. The van der Waals surface area contributed by atoms with E-state index in [1.54, 1.807) is 13.2 Å². The molecule has 1 aromatic rings. The van der Waals surface area contributed by atoms with Crippen molar-refractivity contribution in [2.75, 3.05) is 20.3 Å². The number of carboxylic acid groups (broad SMARTS) is 1. The standard InChI is InChI=1S/C14H18FNO3/c1-19-7-6-16(12-4-5-12)9-11-3-2-10(14(17)18)8-13(11)15/h2-3,8,12H,4-7,9H2,1H3,(H,17,18). The van der Waals surface area contributed by atoms with E-state index in [0.29, 0.717) is 24.8 Å². The number of aromatic carboxylic acids is 1. The Morgan fingerprint density at radius 2 is 2.26 bits per heavy atom. The first-order chi connectivity index (χ1) is 9.11. The molecule has 2 rings (SSSR count). The molecule has 0 bridgehead atoms. The van der Waals surface area contributed by atoms with Gasteiger partial charge in [-0.05, 0) is 25.0 Å². The number of methoxy groups -OCH3 is 1. The van der Waals surface area contributed by atoms with E-state index < -0.39 is 11.8 Å². The van der Waals surface area contributed by atoms with Gasteiger partial charge in [-0.15, -0.1) is 0 Å². The third kappa shape index (κ3) is 3.75. The van der Waals surface area contributed by atoms with E-state index in [4.69, 9.17) is 9.84 Å². The summed E-state index contributed by atoms with van der Waals surface area (Å²) in [5.41, 5.74) is 0.518. The molecule has 1 aliphatic carbocycles. The van der Waals surface area contributed by atoms with Crippen molar-refractivity contribution in [2.24, 2.45) is 0 Å². The van der Waals surface area contributed by atoms with Crippen LogP contribution >= 0.6 is 0 Å². The van der Waals surface area contributed by atoms with Crippen molar-refractivity contribution in [1.29, 1.82) is 0 Å². The fraction of sp³-hybridized carbons (Fsp3) is 0.500. The van der Waals surface area contributed by atoms with E-state index >= 15 is 0 Å². The van der Waals surface area contributed by atoms with Gasteiger partial charge in [0.1, 0.15) is 5.82 Å². The second-order valence-electron chi connectivity index (χ2n) is 4.81. The van der Waals surface area contributed by atoms with Crippen LogP contribution in [0, 0.1) is 5.82 Å². The number of hydrogen-bond donors (Lipinski definition) is 1. The van der Waals surface area contributed by atoms with E-state index in [1.807, 2.05) is 0 Å². The molecule has 0 heterocycles. The number of rotatable bonds is 7. The summed E-state index contributed by atoms with van der Waals surface area (Å²) in [6.07, 6.45) is 2.27. The topological polar surface area (TPSA) is 49.8 Å². The number of hydrogen-bond acceptors (Lipinski definition) is 3. The third-order valence-corrected chi connectivity index (χ3v) is 3.32. The molecule has 1 aromatic carbocycles. The molecule has 5 heteroatoms. The minimum Gasteiger partial charge on any atom is -0.478 e. The maximum Gasteiger partial charge on any atom is 0.335 e. The Balaban J connectivity index is 2.06. The average Bonchev–Trinajstić information content (AvgIpc) is 3.20. The minimum absolute atomic E-state index is 0.0175. The maximum atomic E-state index is 13.9. The van der Waals surface area contributed by atoms with Gasteiger partial charge in [0.25, 0.3) is 0 Å². The highest BCUT2D eigenvalue weighted by Gasteiger charge is 2.29. The van der Waals surface area contributed by atoms with Crippen LogP contribution in [0.1, 0.15) is 28.8 Å². The lowest BCUT2D eigenvalue weighted by Gasteiger charge is -2.21. The molecule has 1 saturated carbocycles.